The first-order valence-electron chi connectivity index (χ1n) is 6.09. The van der Waals surface area contributed by atoms with Crippen LogP contribution >= 0.6 is 11.3 Å². The Kier molecular flexibility index (Phi) is 4.46. The van der Waals surface area contributed by atoms with E-state index in [-0.39, 0.29) is 5.91 Å². The highest BCUT2D eigenvalue weighted by atomic mass is 32.1. The molecule has 0 bridgehead atoms. The lowest BCUT2D eigenvalue weighted by molar-refractivity contribution is 0.0945. The Bertz CT molecular complexity index is 550. The van der Waals surface area contributed by atoms with E-state index in [1.807, 2.05) is 25.3 Å². The fourth-order valence-corrected chi connectivity index (χ4v) is 2.41. The number of anilines is 1. The maximum absolute atomic E-state index is 11.9. The smallest absolute Gasteiger partial charge is 0.272 e. The Morgan fingerprint density at radius 2 is 2.16 bits per heavy atom. The van der Waals surface area contributed by atoms with E-state index in [9.17, 15) is 4.79 Å². The molecule has 0 atom stereocenters. The van der Waals surface area contributed by atoms with Gasteiger partial charge in [0.05, 0.1) is 6.54 Å². The Balaban J connectivity index is 1.94. The van der Waals surface area contributed by atoms with Gasteiger partial charge in [-0.25, -0.2) is 0 Å². The van der Waals surface area contributed by atoms with Gasteiger partial charge in [0.2, 0.25) is 0 Å². The van der Waals surface area contributed by atoms with Gasteiger partial charge >= 0.3 is 0 Å². The maximum atomic E-state index is 11.9. The second-order valence-corrected chi connectivity index (χ2v) is 5.04. The molecule has 6 heteroatoms. The Hall–Kier alpha value is -1.95. The van der Waals surface area contributed by atoms with Crippen LogP contribution in [-0.4, -0.2) is 22.6 Å². The van der Waals surface area contributed by atoms with Crippen LogP contribution < -0.4 is 10.6 Å². The van der Waals surface area contributed by atoms with Crippen molar-refractivity contribution in [1.29, 1.82) is 0 Å². The summed E-state index contributed by atoms with van der Waals surface area (Å²) in [5.74, 6) is 0.469. The van der Waals surface area contributed by atoms with Crippen molar-refractivity contribution in [2.45, 2.75) is 20.4 Å². The maximum Gasteiger partial charge on any atom is 0.272 e. The minimum atomic E-state index is -0.205. The van der Waals surface area contributed by atoms with Crippen LogP contribution in [-0.2, 0) is 6.54 Å². The Labute approximate surface area is 116 Å². The third-order valence-corrected chi connectivity index (χ3v) is 3.66. The van der Waals surface area contributed by atoms with Crippen LogP contribution in [0.25, 0.3) is 0 Å². The van der Waals surface area contributed by atoms with Gasteiger partial charge < -0.3 is 10.6 Å². The van der Waals surface area contributed by atoms with Crippen LogP contribution in [0, 0.1) is 6.92 Å². The summed E-state index contributed by atoms with van der Waals surface area (Å²) in [5.41, 5.74) is 1.52. The van der Waals surface area contributed by atoms with Gasteiger partial charge in [0.25, 0.3) is 5.91 Å². The zero-order valence-corrected chi connectivity index (χ0v) is 11.8. The van der Waals surface area contributed by atoms with E-state index < -0.39 is 0 Å². The van der Waals surface area contributed by atoms with Crippen molar-refractivity contribution in [2.24, 2.45) is 0 Å². The second kappa shape index (κ2) is 6.29. The monoisotopic (exact) mass is 276 g/mol. The number of thiophene rings is 1. The predicted molar refractivity (Wildman–Crippen MR) is 76.4 cm³/mol. The summed E-state index contributed by atoms with van der Waals surface area (Å²) in [7, 11) is 0. The fourth-order valence-electron chi connectivity index (χ4n) is 1.57. The third-order valence-electron chi connectivity index (χ3n) is 2.63. The van der Waals surface area contributed by atoms with E-state index in [4.69, 9.17) is 0 Å². The lowest BCUT2D eigenvalue weighted by Gasteiger charge is -2.05. The van der Waals surface area contributed by atoms with Gasteiger partial charge in [-0.3, -0.25) is 4.79 Å². The van der Waals surface area contributed by atoms with Gasteiger partial charge in [0.15, 0.2) is 5.69 Å². The van der Waals surface area contributed by atoms with Crippen LogP contribution in [0.3, 0.4) is 0 Å². The Morgan fingerprint density at radius 1 is 1.32 bits per heavy atom. The molecule has 0 saturated heterocycles. The zero-order valence-electron chi connectivity index (χ0n) is 10.9. The molecular formula is C13H16N4OS. The van der Waals surface area contributed by atoms with Crippen LogP contribution in [0.15, 0.2) is 23.6 Å². The number of hydrogen-bond acceptors (Lipinski definition) is 5. The van der Waals surface area contributed by atoms with Crippen molar-refractivity contribution in [2.75, 3.05) is 11.9 Å². The molecule has 0 fully saturated rings. The number of amides is 1. The molecular weight excluding hydrogens is 260 g/mol. The molecule has 0 radical (unpaired) electrons. The molecule has 0 unspecified atom stereocenters. The fraction of sp³-hybridized carbons (Fsp3) is 0.308. The van der Waals surface area contributed by atoms with E-state index in [2.05, 4.69) is 20.8 Å². The largest absolute Gasteiger partial charge is 0.369 e. The summed E-state index contributed by atoms with van der Waals surface area (Å²) in [5, 5.41) is 15.7. The molecule has 2 aromatic heterocycles. The highest BCUT2D eigenvalue weighted by Gasteiger charge is 2.09. The molecule has 2 aromatic rings. The summed E-state index contributed by atoms with van der Waals surface area (Å²) < 4.78 is 0. The van der Waals surface area contributed by atoms with Gasteiger partial charge in [-0.2, -0.15) is 0 Å². The topological polar surface area (TPSA) is 66.9 Å². The number of hydrogen-bond donors (Lipinski definition) is 2. The van der Waals surface area contributed by atoms with Crippen LogP contribution in [0.1, 0.15) is 27.9 Å². The number of nitrogens with one attached hydrogen (secondary N) is 2. The molecule has 0 aromatic carbocycles. The Morgan fingerprint density at radius 3 is 2.74 bits per heavy atom. The minimum Gasteiger partial charge on any atom is -0.369 e. The summed E-state index contributed by atoms with van der Waals surface area (Å²) in [6.07, 6.45) is 0. The van der Waals surface area contributed by atoms with E-state index in [0.717, 1.165) is 11.4 Å². The molecule has 2 rings (SSSR count). The molecule has 0 aliphatic carbocycles. The standard InChI is InChI=1S/C13H16N4OS/c1-3-14-12-5-4-10(16-17-12)13(18)15-8-11-9(2)6-7-19-11/h4-7H,3,8H2,1-2H3,(H,14,17)(H,15,18). The highest BCUT2D eigenvalue weighted by Crippen LogP contribution is 2.14. The first kappa shape index (κ1) is 13.5. The van der Waals surface area contributed by atoms with Gasteiger partial charge in [0.1, 0.15) is 5.82 Å². The number of carbonyl (C=O) groups is 1. The number of carbonyl (C=O) groups excluding carboxylic acids is 1. The highest BCUT2D eigenvalue weighted by molar-refractivity contribution is 7.10. The van der Waals surface area contributed by atoms with Crippen molar-refractivity contribution >= 4 is 23.1 Å². The van der Waals surface area contributed by atoms with E-state index in [1.54, 1.807) is 23.5 Å². The molecule has 1 amide bonds. The van der Waals surface area contributed by atoms with Crippen molar-refractivity contribution in [3.63, 3.8) is 0 Å². The minimum absolute atomic E-state index is 0.205. The molecule has 0 aliphatic rings. The number of aryl methyl sites for hydroxylation is 1. The lowest BCUT2D eigenvalue weighted by Crippen LogP contribution is -2.24. The van der Waals surface area contributed by atoms with Gasteiger partial charge in [-0.1, -0.05) is 0 Å². The second-order valence-electron chi connectivity index (χ2n) is 4.04. The lowest BCUT2D eigenvalue weighted by atomic mass is 10.3. The predicted octanol–water partition coefficient (Wildman–Crippen LogP) is 2.21. The van der Waals surface area contributed by atoms with Crippen LogP contribution in [0.4, 0.5) is 5.82 Å². The van der Waals surface area contributed by atoms with Gasteiger partial charge in [0, 0.05) is 11.4 Å². The molecule has 2 N–H and O–H groups in total. The van der Waals surface area contributed by atoms with Crippen LogP contribution in [0.5, 0.6) is 0 Å². The molecule has 0 aliphatic heterocycles. The summed E-state index contributed by atoms with van der Waals surface area (Å²) >= 11 is 1.64. The third kappa shape index (κ3) is 3.51. The SMILES string of the molecule is CCNc1ccc(C(=O)NCc2sccc2C)nn1. The van der Waals surface area contributed by atoms with Gasteiger partial charge in [-0.15, -0.1) is 21.5 Å². The van der Waals surface area contributed by atoms with Gasteiger partial charge in [-0.05, 0) is 43.0 Å². The summed E-state index contributed by atoms with van der Waals surface area (Å²) in [4.78, 5) is 13.0. The quantitative estimate of drug-likeness (QED) is 0.878. The molecule has 100 valence electrons. The van der Waals surface area contributed by atoms with Crippen molar-refractivity contribution in [1.82, 2.24) is 15.5 Å². The molecule has 5 nitrogen and oxygen atoms in total. The number of nitrogens with zero attached hydrogens (tertiary/aromatic N) is 2. The van der Waals surface area contributed by atoms with Crippen molar-refractivity contribution < 1.29 is 4.79 Å². The van der Waals surface area contributed by atoms with E-state index in [1.165, 1.54) is 5.56 Å². The van der Waals surface area contributed by atoms with E-state index in [0.29, 0.717) is 18.1 Å². The van der Waals surface area contributed by atoms with Crippen LogP contribution in [0.2, 0.25) is 0 Å². The average Bonchev–Trinajstić information content (AvgIpc) is 2.83. The first-order valence-corrected chi connectivity index (χ1v) is 6.97. The number of rotatable bonds is 5. The molecule has 0 spiro atoms. The normalized spacial score (nSPS) is 10.2. The summed E-state index contributed by atoms with van der Waals surface area (Å²) in [6.45, 7) is 5.31. The molecule has 2 heterocycles. The molecule has 19 heavy (non-hydrogen) atoms. The first-order chi connectivity index (χ1) is 9.20. The van der Waals surface area contributed by atoms with Crippen molar-refractivity contribution in [3.05, 3.63) is 39.7 Å². The molecule has 0 saturated carbocycles. The summed E-state index contributed by atoms with van der Waals surface area (Å²) in [6, 6.07) is 5.46. The zero-order chi connectivity index (χ0) is 13.7. The number of aromatic nitrogens is 2. The van der Waals surface area contributed by atoms with Crippen molar-refractivity contribution in [3.8, 4) is 0 Å². The van der Waals surface area contributed by atoms with E-state index >= 15 is 0 Å². The average molecular weight is 276 g/mol.